The molecule has 1 aliphatic heterocycles. The number of aliphatic carboxylic acids is 1. The summed E-state index contributed by atoms with van der Waals surface area (Å²) >= 11 is 0. The number of carboxylic acids is 1. The molecular weight excluding hydrogens is 256 g/mol. The smallest absolute Gasteiger partial charge is 0.309 e. The number of rotatable bonds is 6. The number of likely N-dealkylation sites (tertiary alicyclic amines) is 1. The number of likely N-dealkylation sites (N-methyl/N-ethyl adjacent to an activating group) is 1. The van der Waals surface area contributed by atoms with Gasteiger partial charge < -0.3 is 10.0 Å². The lowest BCUT2D eigenvalue weighted by atomic mass is 9.80. The van der Waals surface area contributed by atoms with Crippen LogP contribution < -0.4 is 0 Å². The molecule has 5 nitrogen and oxygen atoms in total. The zero-order valence-corrected chi connectivity index (χ0v) is 12.8. The molecule has 114 valence electrons. The molecule has 0 atom stereocenters. The van der Waals surface area contributed by atoms with Crippen molar-refractivity contribution in [1.29, 1.82) is 0 Å². The average molecular weight is 282 g/mol. The highest BCUT2D eigenvalue weighted by atomic mass is 16.4. The van der Waals surface area contributed by atoms with E-state index < -0.39 is 11.4 Å². The van der Waals surface area contributed by atoms with Crippen molar-refractivity contribution in [2.45, 2.75) is 33.6 Å². The quantitative estimate of drug-likeness (QED) is 0.752. The minimum Gasteiger partial charge on any atom is -0.481 e. The SMILES string of the molecule is C=C(C)CN(CC)C(=O)CN1CCC(C)(C(=O)O)CC1. The van der Waals surface area contributed by atoms with Gasteiger partial charge in [0, 0.05) is 13.1 Å². The number of carbonyl (C=O) groups is 2. The first-order chi connectivity index (χ1) is 9.28. The van der Waals surface area contributed by atoms with E-state index in [4.69, 9.17) is 0 Å². The highest BCUT2D eigenvalue weighted by Crippen LogP contribution is 2.30. The Morgan fingerprint density at radius 1 is 1.35 bits per heavy atom. The second kappa shape index (κ2) is 6.88. The normalized spacial score (nSPS) is 18.6. The van der Waals surface area contributed by atoms with Crippen LogP contribution in [0.2, 0.25) is 0 Å². The van der Waals surface area contributed by atoms with Gasteiger partial charge in [0.25, 0.3) is 0 Å². The predicted octanol–water partition coefficient (Wildman–Crippen LogP) is 1.60. The summed E-state index contributed by atoms with van der Waals surface area (Å²) in [4.78, 5) is 27.2. The van der Waals surface area contributed by atoms with Gasteiger partial charge in [0.2, 0.25) is 5.91 Å². The molecule has 1 rings (SSSR count). The van der Waals surface area contributed by atoms with E-state index in [0.717, 1.165) is 5.57 Å². The first-order valence-electron chi connectivity index (χ1n) is 7.16. The Labute approximate surface area is 121 Å². The van der Waals surface area contributed by atoms with Crippen LogP contribution in [0.15, 0.2) is 12.2 Å². The van der Waals surface area contributed by atoms with Gasteiger partial charge in [0.05, 0.1) is 12.0 Å². The molecular formula is C15H26N2O3. The van der Waals surface area contributed by atoms with Crippen LogP contribution in [0, 0.1) is 5.41 Å². The van der Waals surface area contributed by atoms with E-state index in [-0.39, 0.29) is 5.91 Å². The third-order valence-corrected chi connectivity index (χ3v) is 4.03. The van der Waals surface area contributed by atoms with E-state index in [1.807, 2.05) is 18.7 Å². The van der Waals surface area contributed by atoms with Crippen molar-refractivity contribution in [2.24, 2.45) is 5.41 Å². The van der Waals surface area contributed by atoms with Crippen molar-refractivity contribution < 1.29 is 14.7 Å². The number of carboxylic acid groups (broad SMARTS) is 1. The second-order valence-corrected chi connectivity index (χ2v) is 6.01. The number of hydrogen-bond acceptors (Lipinski definition) is 3. The molecule has 1 amide bonds. The molecule has 0 aromatic rings. The molecule has 0 radical (unpaired) electrons. The monoisotopic (exact) mass is 282 g/mol. The van der Waals surface area contributed by atoms with Gasteiger partial charge in [0.15, 0.2) is 0 Å². The molecule has 0 bridgehead atoms. The summed E-state index contributed by atoms with van der Waals surface area (Å²) in [6, 6.07) is 0. The molecule has 1 fully saturated rings. The van der Waals surface area contributed by atoms with E-state index in [9.17, 15) is 14.7 Å². The van der Waals surface area contributed by atoms with Gasteiger partial charge in [0.1, 0.15) is 0 Å². The van der Waals surface area contributed by atoms with Crippen molar-refractivity contribution in [1.82, 2.24) is 9.80 Å². The summed E-state index contributed by atoms with van der Waals surface area (Å²) in [5.74, 6) is -0.643. The fraction of sp³-hybridized carbons (Fsp3) is 0.733. The van der Waals surface area contributed by atoms with Crippen LogP contribution in [-0.2, 0) is 9.59 Å². The van der Waals surface area contributed by atoms with Gasteiger partial charge in [-0.15, -0.1) is 0 Å². The lowest BCUT2D eigenvalue weighted by Crippen LogP contribution is -2.47. The fourth-order valence-corrected chi connectivity index (χ4v) is 2.41. The minimum atomic E-state index is -0.735. The summed E-state index contributed by atoms with van der Waals surface area (Å²) < 4.78 is 0. The van der Waals surface area contributed by atoms with E-state index in [1.54, 1.807) is 11.8 Å². The van der Waals surface area contributed by atoms with Gasteiger partial charge in [-0.3, -0.25) is 14.5 Å². The molecule has 0 aliphatic carbocycles. The van der Waals surface area contributed by atoms with Gasteiger partial charge in [-0.1, -0.05) is 12.2 Å². The Morgan fingerprint density at radius 3 is 2.30 bits per heavy atom. The van der Waals surface area contributed by atoms with Crippen LogP contribution in [0.3, 0.4) is 0 Å². The third-order valence-electron chi connectivity index (χ3n) is 4.03. The average Bonchev–Trinajstić information content (AvgIpc) is 2.38. The largest absolute Gasteiger partial charge is 0.481 e. The fourth-order valence-electron chi connectivity index (χ4n) is 2.41. The van der Waals surface area contributed by atoms with Gasteiger partial charge in [-0.2, -0.15) is 0 Å². The minimum absolute atomic E-state index is 0.0921. The predicted molar refractivity (Wildman–Crippen MR) is 78.5 cm³/mol. The van der Waals surface area contributed by atoms with Crippen molar-refractivity contribution in [2.75, 3.05) is 32.7 Å². The van der Waals surface area contributed by atoms with Crippen LogP contribution in [0.1, 0.15) is 33.6 Å². The molecule has 0 spiro atoms. The molecule has 1 saturated heterocycles. The summed E-state index contributed by atoms with van der Waals surface area (Å²) in [5.41, 5.74) is 0.333. The van der Waals surface area contributed by atoms with Gasteiger partial charge in [-0.25, -0.2) is 0 Å². The number of carbonyl (C=O) groups excluding carboxylic acids is 1. The Morgan fingerprint density at radius 2 is 1.90 bits per heavy atom. The van der Waals surface area contributed by atoms with E-state index in [1.165, 1.54) is 0 Å². The Bertz CT molecular complexity index is 385. The molecule has 1 N–H and O–H groups in total. The van der Waals surface area contributed by atoms with Crippen molar-refractivity contribution >= 4 is 11.9 Å². The maximum atomic E-state index is 12.2. The Kier molecular flexibility index (Phi) is 5.74. The Hall–Kier alpha value is -1.36. The van der Waals surface area contributed by atoms with E-state index in [2.05, 4.69) is 6.58 Å². The number of hydrogen-bond donors (Lipinski definition) is 1. The summed E-state index contributed by atoms with van der Waals surface area (Å²) in [6.07, 6.45) is 1.20. The van der Waals surface area contributed by atoms with Crippen molar-refractivity contribution in [3.63, 3.8) is 0 Å². The van der Waals surface area contributed by atoms with Gasteiger partial charge >= 0.3 is 5.97 Å². The van der Waals surface area contributed by atoms with Crippen LogP contribution in [0.5, 0.6) is 0 Å². The summed E-state index contributed by atoms with van der Waals surface area (Å²) in [5, 5.41) is 9.19. The first kappa shape index (κ1) is 16.7. The number of amides is 1. The zero-order valence-electron chi connectivity index (χ0n) is 12.8. The lowest BCUT2D eigenvalue weighted by Gasteiger charge is -2.36. The number of nitrogens with zero attached hydrogens (tertiary/aromatic N) is 2. The standard InChI is InChI=1S/C15H26N2O3/c1-5-17(10-12(2)3)13(18)11-16-8-6-15(4,7-9-16)14(19)20/h2,5-11H2,1,3-4H3,(H,19,20). The third kappa shape index (κ3) is 4.34. The van der Waals surface area contributed by atoms with Crippen LogP contribution in [0.4, 0.5) is 0 Å². The molecule has 1 aliphatic rings. The highest BCUT2D eigenvalue weighted by molar-refractivity contribution is 5.78. The first-order valence-corrected chi connectivity index (χ1v) is 7.16. The highest BCUT2D eigenvalue weighted by Gasteiger charge is 2.37. The molecule has 0 unspecified atom stereocenters. The summed E-state index contributed by atoms with van der Waals surface area (Å²) in [7, 11) is 0. The molecule has 1 heterocycles. The molecule has 0 aromatic carbocycles. The van der Waals surface area contributed by atoms with Crippen LogP contribution >= 0.6 is 0 Å². The molecule has 5 heteroatoms. The number of piperidine rings is 1. The van der Waals surface area contributed by atoms with Crippen molar-refractivity contribution in [3.8, 4) is 0 Å². The maximum Gasteiger partial charge on any atom is 0.309 e. The molecule has 0 aromatic heterocycles. The maximum absolute atomic E-state index is 12.2. The second-order valence-electron chi connectivity index (χ2n) is 6.01. The Balaban J connectivity index is 2.49. The molecule has 0 saturated carbocycles. The van der Waals surface area contributed by atoms with Crippen LogP contribution in [-0.4, -0.2) is 59.5 Å². The van der Waals surface area contributed by atoms with Crippen LogP contribution in [0.25, 0.3) is 0 Å². The molecule has 20 heavy (non-hydrogen) atoms. The summed E-state index contributed by atoms with van der Waals surface area (Å²) in [6.45, 7) is 12.5. The van der Waals surface area contributed by atoms with E-state index >= 15 is 0 Å². The van der Waals surface area contributed by atoms with E-state index in [0.29, 0.717) is 45.6 Å². The van der Waals surface area contributed by atoms with Gasteiger partial charge in [-0.05, 0) is 46.7 Å². The topological polar surface area (TPSA) is 60.9 Å². The zero-order chi connectivity index (χ0) is 15.3. The van der Waals surface area contributed by atoms with Crippen molar-refractivity contribution in [3.05, 3.63) is 12.2 Å². The lowest BCUT2D eigenvalue weighted by molar-refractivity contribution is -0.150.